The van der Waals surface area contributed by atoms with Gasteiger partial charge in [0.15, 0.2) is 0 Å². The Hall–Kier alpha value is -2.14. The summed E-state index contributed by atoms with van der Waals surface area (Å²) in [6.07, 6.45) is 8.56. The van der Waals surface area contributed by atoms with Crippen molar-refractivity contribution in [3.05, 3.63) is 48.3 Å². The molecule has 0 bridgehead atoms. The van der Waals surface area contributed by atoms with Gasteiger partial charge < -0.3 is 5.32 Å². The number of hydrogen-bond acceptors (Lipinski definition) is 3. The van der Waals surface area contributed by atoms with E-state index < -0.39 is 0 Å². The summed E-state index contributed by atoms with van der Waals surface area (Å²) in [5, 5.41) is 7.34. The standard InChI is InChI=1S/C19H24N4O/c24-19(18(16-6-7-16)22-11-1-2-12-22)21-17-8-4-15(5-9-17)14-23-13-3-10-20-23/h3-5,8-10,13,16,18H,1-2,6-7,11-12,14H2,(H,21,24)/t18-/m1/s1. The molecule has 1 saturated heterocycles. The van der Waals surface area contributed by atoms with E-state index in [-0.39, 0.29) is 11.9 Å². The van der Waals surface area contributed by atoms with Crippen LogP contribution in [0.5, 0.6) is 0 Å². The van der Waals surface area contributed by atoms with Gasteiger partial charge in [0.25, 0.3) is 0 Å². The number of carbonyl (C=O) groups excluding carboxylic acids is 1. The first-order chi connectivity index (χ1) is 11.8. The number of nitrogens with zero attached hydrogens (tertiary/aromatic N) is 3. The normalized spacial score (nSPS) is 19.3. The first-order valence-corrected chi connectivity index (χ1v) is 8.91. The third kappa shape index (κ3) is 3.51. The van der Waals surface area contributed by atoms with Crippen LogP contribution in [0.3, 0.4) is 0 Å². The summed E-state index contributed by atoms with van der Waals surface area (Å²) in [5.41, 5.74) is 2.06. The monoisotopic (exact) mass is 324 g/mol. The summed E-state index contributed by atoms with van der Waals surface area (Å²) < 4.78 is 1.89. The number of likely N-dealkylation sites (tertiary alicyclic amines) is 1. The molecule has 4 rings (SSSR count). The molecule has 2 heterocycles. The molecule has 0 unspecified atom stereocenters. The molecule has 0 spiro atoms. The fourth-order valence-electron chi connectivity index (χ4n) is 3.60. The molecule has 1 atom stereocenters. The number of benzene rings is 1. The minimum absolute atomic E-state index is 0.0660. The molecule has 1 aliphatic heterocycles. The quantitative estimate of drug-likeness (QED) is 0.889. The lowest BCUT2D eigenvalue weighted by Gasteiger charge is -2.26. The first-order valence-electron chi connectivity index (χ1n) is 8.91. The van der Waals surface area contributed by atoms with Crippen molar-refractivity contribution < 1.29 is 4.79 Å². The van der Waals surface area contributed by atoms with E-state index in [1.54, 1.807) is 6.20 Å². The minimum atomic E-state index is 0.0660. The van der Waals surface area contributed by atoms with Gasteiger partial charge in [-0.05, 0) is 68.5 Å². The van der Waals surface area contributed by atoms with Crippen molar-refractivity contribution in [3.63, 3.8) is 0 Å². The predicted molar refractivity (Wildman–Crippen MR) is 93.7 cm³/mol. The molecule has 24 heavy (non-hydrogen) atoms. The maximum absolute atomic E-state index is 12.8. The molecule has 2 aliphatic rings. The van der Waals surface area contributed by atoms with Gasteiger partial charge in [-0.15, -0.1) is 0 Å². The van der Waals surface area contributed by atoms with Gasteiger partial charge in [0.2, 0.25) is 5.91 Å². The third-order valence-electron chi connectivity index (χ3n) is 5.00. The van der Waals surface area contributed by atoms with Crippen LogP contribution >= 0.6 is 0 Å². The fourth-order valence-corrected chi connectivity index (χ4v) is 3.60. The van der Waals surface area contributed by atoms with Crippen molar-refractivity contribution in [1.82, 2.24) is 14.7 Å². The van der Waals surface area contributed by atoms with Crippen LogP contribution in [-0.4, -0.2) is 39.7 Å². The Morgan fingerprint density at radius 2 is 1.96 bits per heavy atom. The molecule has 1 aliphatic carbocycles. The number of rotatable bonds is 6. The van der Waals surface area contributed by atoms with Crippen molar-refractivity contribution in [2.45, 2.75) is 38.3 Å². The van der Waals surface area contributed by atoms with E-state index in [9.17, 15) is 4.79 Å². The average Bonchev–Trinajstić information content (AvgIpc) is 3.05. The Morgan fingerprint density at radius 3 is 2.58 bits per heavy atom. The summed E-state index contributed by atoms with van der Waals surface area (Å²) in [4.78, 5) is 15.1. The van der Waals surface area contributed by atoms with Crippen molar-refractivity contribution in [3.8, 4) is 0 Å². The number of nitrogens with one attached hydrogen (secondary N) is 1. The summed E-state index contributed by atoms with van der Waals surface area (Å²) >= 11 is 0. The molecular formula is C19H24N4O. The molecule has 1 aromatic carbocycles. The number of aromatic nitrogens is 2. The molecule has 1 N–H and O–H groups in total. The van der Waals surface area contributed by atoms with Crippen molar-refractivity contribution >= 4 is 11.6 Å². The number of anilines is 1. The highest BCUT2D eigenvalue weighted by Gasteiger charge is 2.40. The lowest BCUT2D eigenvalue weighted by atomic mass is 10.1. The highest BCUT2D eigenvalue weighted by molar-refractivity contribution is 5.95. The second kappa shape index (κ2) is 6.77. The van der Waals surface area contributed by atoms with E-state index in [0.717, 1.165) is 25.3 Å². The molecular weight excluding hydrogens is 300 g/mol. The number of amides is 1. The SMILES string of the molecule is O=C(Nc1ccc(Cn2cccn2)cc1)[C@@H](C1CC1)N1CCCC1. The Morgan fingerprint density at radius 1 is 1.21 bits per heavy atom. The van der Waals surface area contributed by atoms with Crippen molar-refractivity contribution in [1.29, 1.82) is 0 Å². The Bertz CT molecular complexity index is 670. The first kappa shape index (κ1) is 15.4. The van der Waals surface area contributed by atoms with Crippen molar-refractivity contribution in [2.24, 2.45) is 5.92 Å². The van der Waals surface area contributed by atoms with Crippen LogP contribution in [-0.2, 0) is 11.3 Å². The van der Waals surface area contributed by atoms with Crippen molar-refractivity contribution in [2.75, 3.05) is 18.4 Å². The topological polar surface area (TPSA) is 50.2 Å². The minimum Gasteiger partial charge on any atom is -0.325 e. The van der Waals surface area contributed by atoms with Crippen LogP contribution < -0.4 is 5.32 Å². The van der Waals surface area contributed by atoms with Crippen LogP contribution in [0.25, 0.3) is 0 Å². The van der Waals surface area contributed by atoms with E-state index in [1.807, 2.05) is 29.1 Å². The summed E-state index contributed by atoms with van der Waals surface area (Å²) in [7, 11) is 0. The Labute approximate surface area is 142 Å². The van der Waals surface area contributed by atoms with E-state index in [2.05, 4.69) is 27.4 Å². The molecule has 5 heteroatoms. The van der Waals surface area contributed by atoms with E-state index >= 15 is 0 Å². The summed E-state index contributed by atoms with van der Waals surface area (Å²) in [5.74, 6) is 0.724. The predicted octanol–water partition coefficient (Wildman–Crippen LogP) is 2.74. The van der Waals surface area contributed by atoms with Crippen LogP contribution in [0.1, 0.15) is 31.2 Å². The maximum Gasteiger partial charge on any atom is 0.242 e. The van der Waals surface area contributed by atoms with Gasteiger partial charge in [0.05, 0.1) is 12.6 Å². The van der Waals surface area contributed by atoms with E-state index in [1.165, 1.54) is 31.2 Å². The average molecular weight is 324 g/mol. The zero-order chi connectivity index (χ0) is 16.4. The molecule has 1 aromatic heterocycles. The molecule has 0 radical (unpaired) electrons. The Balaban J connectivity index is 1.39. The summed E-state index contributed by atoms with van der Waals surface area (Å²) in [6, 6.07) is 10.1. The van der Waals surface area contributed by atoms with Gasteiger partial charge >= 0.3 is 0 Å². The Kier molecular flexibility index (Phi) is 4.34. The van der Waals surface area contributed by atoms with Crippen LogP contribution in [0, 0.1) is 5.92 Å². The highest BCUT2D eigenvalue weighted by Crippen LogP contribution is 2.37. The summed E-state index contributed by atoms with van der Waals surface area (Å²) in [6.45, 7) is 2.88. The van der Waals surface area contributed by atoms with Gasteiger partial charge in [-0.3, -0.25) is 14.4 Å². The van der Waals surface area contributed by atoms with Gasteiger partial charge in [-0.25, -0.2) is 0 Å². The lowest BCUT2D eigenvalue weighted by Crippen LogP contribution is -2.44. The molecule has 2 fully saturated rings. The lowest BCUT2D eigenvalue weighted by molar-refractivity contribution is -0.121. The van der Waals surface area contributed by atoms with Crippen LogP contribution in [0.15, 0.2) is 42.7 Å². The van der Waals surface area contributed by atoms with Crippen LogP contribution in [0.4, 0.5) is 5.69 Å². The smallest absolute Gasteiger partial charge is 0.242 e. The van der Waals surface area contributed by atoms with E-state index in [4.69, 9.17) is 0 Å². The zero-order valence-electron chi connectivity index (χ0n) is 13.9. The molecule has 1 amide bonds. The highest BCUT2D eigenvalue weighted by atomic mass is 16.2. The van der Waals surface area contributed by atoms with Crippen LogP contribution in [0.2, 0.25) is 0 Å². The van der Waals surface area contributed by atoms with Gasteiger partial charge in [0, 0.05) is 18.1 Å². The molecule has 2 aromatic rings. The third-order valence-corrected chi connectivity index (χ3v) is 5.00. The second-order valence-electron chi connectivity index (χ2n) is 6.92. The molecule has 1 saturated carbocycles. The fraction of sp³-hybridized carbons (Fsp3) is 0.474. The second-order valence-corrected chi connectivity index (χ2v) is 6.92. The zero-order valence-corrected chi connectivity index (χ0v) is 13.9. The van der Waals surface area contributed by atoms with Gasteiger partial charge in [0.1, 0.15) is 0 Å². The van der Waals surface area contributed by atoms with E-state index in [0.29, 0.717) is 5.92 Å². The number of hydrogen-bond donors (Lipinski definition) is 1. The molecule has 5 nitrogen and oxygen atoms in total. The number of carbonyl (C=O) groups is 1. The largest absolute Gasteiger partial charge is 0.325 e. The van der Waals surface area contributed by atoms with Gasteiger partial charge in [-0.2, -0.15) is 5.10 Å². The maximum atomic E-state index is 12.8. The van der Waals surface area contributed by atoms with Gasteiger partial charge in [-0.1, -0.05) is 12.1 Å². The molecule has 126 valence electrons.